The number of nitrogens with two attached hydrogens (primary N) is 1. The molecule has 0 aromatic carbocycles. The number of nitrogens with one attached hydrogen (secondary N) is 1. The van der Waals surface area contributed by atoms with Gasteiger partial charge in [0.25, 0.3) is 0 Å². The Hall–Kier alpha value is -1.82. The third-order valence-electron chi connectivity index (χ3n) is 4.43. The first-order chi connectivity index (χ1) is 10.1. The lowest BCUT2D eigenvalue weighted by Crippen LogP contribution is -2.31. The lowest BCUT2D eigenvalue weighted by atomic mass is 9.96. The number of aliphatic hydroxyl groups is 1. The second-order valence-electron chi connectivity index (χ2n) is 5.89. The molecule has 1 saturated carbocycles. The molecule has 114 valence electrons. The molecule has 6 heteroatoms. The van der Waals surface area contributed by atoms with Crippen LogP contribution < -0.4 is 11.2 Å². The van der Waals surface area contributed by atoms with Gasteiger partial charge in [-0.1, -0.05) is 19.3 Å². The van der Waals surface area contributed by atoms with Crippen molar-refractivity contribution in [2.45, 2.75) is 58.6 Å². The molecule has 4 N–H and O–H groups in total. The summed E-state index contributed by atoms with van der Waals surface area (Å²) in [6.45, 7) is 3.85. The maximum atomic E-state index is 9.62. The van der Waals surface area contributed by atoms with Gasteiger partial charge in [-0.25, -0.2) is 14.6 Å². The molecule has 1 fully saturated rings. The first-order valence-corrected chi connectivity index (χ1v) is 7.63. The van der Waals surface area contributed by atoms with Crippen LogP contribution in [-0.2, 0) is 6.61 Å². The van der Waals surface area contributed by atoms with Crippen molar-refractivity contribution in [2.24, 2.45) is 0 Å². The Morgan fingerprint density at radius 2 is 1.95 bits per heavy atom. The Morgan fingerprint density at radius 3 is 2.62 bits per heavy atom. The number of imidazole rings is 1. The van der Waals surface area contributed by atoms with Gasteiger partial charge >= 0.3 is 0 Å². The van der Waals surface area contributed by atoms with Gasteiger partial charge in [-0.05, 0) is 32.3 Å². The molecule has 21 heavy (non-hydrogen) atoms. The zero-order valence-electron chi connectivity index (χ0n) is 12.7. The minimum atomic E-state index is -0.119. The quantitative estimate of drug-likeness (QED) is 0.804. The van der Waals surface area contributed by atoms with E-state index in [4.69, 9.17) is 5.73 Å². The molecule has 0 bridgehead atoms. The van der Waals surface area contributed by atoms with Crippen LogP contribution in [0.2, 0.25) is 0 Å². The predicted molar refractivity (Wildman–Crippen MR) is 83.6 cm³/mol. The van der Waals surface area contributed by atoms with Gasteiger partial charge in [0.15, 0.2) is 11.6 Å². The second-order valence-corrected chi connectivity index (χ2v) is 5.89. The molecule has 1 aliphatic carbocycles. The monoisotopic (exact) mass is 289 g/mol. The van der Waals surface area contributed by atoms with Gasteiger partial charge in [-0.3, -0.25) is 0 Å². The van der Waals surface area contributed by atoms with Crippen molar-refractivity contribution in [2.75, 3.05) is 11.2 Å². The number of pyridine rings is 1. The number of aromatic nitrogens is 3. The van der Waals surface area contributed by atoms with E-state index in [0.717, 1.165) is 29.6 Å². The van der Waals surface area contributed by atoms with E-state index in [1.807, 2.05) is 18.5 Å². The van der Waals surface area contributed by atoms with Gasteiger partial charge in [0, 0.05) is 11.7 Å². The average Bonchev–Trinajstić information content (AvgIpc) is 2.85. The van der Waals surface area contributed by atoms with Gasteiger partial charge in [-0.2, -0.15) is 0 Å². The molecule has 0 amide bonds. The van der Waals surface area contributed by atoms with E-state index < -0.39 is 0 Å². The van der Waals surface area contributed by atoms with E-state index in [-0.39, 0.29) is 6.61 Å². The van der Waals surface area contributed by atoms with Crippen molar-refractivity contribution in [1.29, 1.82) is 0 Å². The number of fused-ring (bicyclic) bond motifs is 1. The highest BCUT2D eigenvalue weighted by Crippen LogP contribution is 2.26. The Balaban J connectivity index is 2.10. The van der Waals surface area contributed by atoms with Crippen molar-refractivity contribution in [1.82, 2.24) is 14.6 Å². The summed E-state index contributed by atoms with van der Waals surface area (Å²) in [6.07, 6.45) is 6.12. The number of aliphatic hydroxyl groups excluding tert-OH is 1. The van der Waals surface area contributed by atoms with E-state index in [1.54, 1.807) is 0 Å². The number of aryl methyl sites for hydroxylation is 2. The second kappa shape index (κ2) is 5.52. The van der Waals surface area contributed by atoms with Gasteiger partial charge in [0.05, 0.1) is 5.52 Å². The molecule has 0 saturated heterocycles. The van der Waals surface area contributed by atoms with Crippen LogP contribution in [-0.4, -0.2) is 25.8 Å². The highest BCUT2D eigenvalue weighted by Gasteiger charge is 2.20. The molecular formula is C15H23N5O. The third kappa shape index (κ3) is 2.44. The summed E-state index contributed by atoms with van der Waals surface area (Å²) in [7, 11) is 0. The van der Waals surface area contributed by atoms with Crippen molar-refractivity contribution >= 4 is 16.9 Å². The number of nitrogens with zero attached hydrogens (tertiary/aromatic N) is 3. The number of anilines is 1. The van der Waals surface area contributed by atoms with Crippen LogP contribution in [0, 0.1) is 13.8 Å². The van der Waals surface area contributed by atoms with Crippen molar-refractivity contribution < 1.29 is 5.11 Å². The topological polar surface area (TPSA) is 89.0 Å². The van der Waals surface area contributed by atoms with Crippen LogP contribution in [0.25, 0.3) is 11.0 Å². The van der Waals surface area contributed by atoms with Gasteiger partial charge in [0.2, 0.25) is 0 Å². The van der Waals surface area contributed by atoms with Gasteiger partial charge in [0.1, 0.15) is 12.1 Å². The number of nitrogen functional groups attached to an aromatic ring is 1. The zero-order chi connectivity index (χ0) is 15.0. The van der Waals surface area contributed by atoms with Crippen molar-refractivity contribution in [3.63, 3.8) is 0 Å². The van der Waals surface area contributed by atoms with Gasteiger partial charge < -0.3 is 16.3 Å². The number of hydrogen-bond donors (Lipinski definition) is 3. The van der Waals surface area contributed by atoms with Crippen LogP contribution in [0.5, 0.6) is 0 Å². The lowest BCUT2D eigenvalue weighted by molar-refractivity contribution is 0.267. The van der Waals surface area contributed by atoms with E-state index in [1.165, 1.54) is 19.3 Å². The maximum absolute atomic E-state index is 9.62. The molecule has 6 nitrogen and oxygen atoms in total. The SMILES string of the molecule is Cc1nc(N)c2nc(CO)n(NC3CCCCC3)c2c1C. The van der Waals surface area contributed by atoms with Crippen molar-refractivity contribution in [3.05, 3.63) is 17.1 Å². The molecule has 2 aromatic rings. The molecule has 2 aromatic heterocycles. The number of rotatable bonds is 3. The van der Waals surface area contributed by atoms with E-state index in [2.05, 4.69) is 15.4 Å². The maximum Gasteiger partial charge on any atom is 0.154 e. The molecular weight excluding hydrogens is 266 g/mol. The molecule has 3 rings (SSSR count). The molecule has 0 atom stereocenters. The van der Waals surface area contributed by atoms with E-state index >= 15 is 0 Å². The van der Waals surface area contributed by atoms with E-state index in [0.29, 0.717) is 23.2 Å². The van der Waals surface area contributed by atoms with Crippen LogP contribution >= 0.6 is 0 Å². The summed E-state index contributed by atoms with van der Waals surface area (Å²) in [5.74, 6) is 1.02. The van der Waals surface area contributed by atoms with Gasteiger partial charge in [-0.15, -0.1) is 0 Å². The van der Waals surface area contributed by atoms with E-state index in [9.17, 15) is 5.11 Å². The lowest BCUT2D eigenvalue weighted by Gasteiger charge is -2.25. The normalized spacial score (nSPS) is 16.5. The molecule has 2 heterocycles. The fraction of sp³-hybridized carbons (Fsp3) is 0.600. The highest BCUT2D eigenvalue weighted by molar-refractivity contribution is 5.88. The summed E-state index contributed by atoms with van der Waals surface area (Å²) in [6, 6.07) is 0.426. The number of hydrogen-bond acceptors (Lipinski definition) is 5. The van der Waals surface area contributed by atoms with Crippen LogP contribution in [0.15, 0.2) is 0 Å². The fourth-order valence-electron chi connectivity index (χ4n) is 3.14. The minimum Gasteiger partial charge on any atom is -0.388 e. The molecule has 0 aliphatic heterocycles. The standard InChI is InChI=1S/C15H23N5O/c1-9-10(2)17-15(16)13-14(9)20(12(8-21)18-13)19-11-6-4-3-5-7-11/h11,19,21H,3-8H2,1-2H3,(H2,16,17). The molecule has 0 radical (unpaired) electrons. The van der Waals surface area contributed by atoms with Crippen molar-refractivity contribution in [3.8, 4) is 0 Å². The summed E-state index contributed by atoms with van der Waals surface area (Å²) in [5.41, 5.74) is 13.1. The Kier molecular flexibility index (Phi) is 3.71. The Labute approximate surface area is 124 Å². The third-order valence-corrected chi connectivity index (χ3v) is 4.43. The summed E-state index contributed by atoms with van der Waals surface area (Å²) < 4.78 is 1.92. The van der Waals surface area contributed by atoms with Crippen LogP contribution in [0.3, 0.4) is 0 Å². The summed E-state index contributed by atoms with van der Waals surface area (Å²) in [5, 5.41) is 9.62. The Bertz CT molecular complexity index is 658. The average molecular weight is 289 g/mol. The summed E-state index contributed by atoms with van der Waals surface area (Å²) in [4.78, 5) is 8.79. The Morgan fingerprint density at radius 1 is 1.24 bits per heavy atom. The smallest absolute Gasteiger partial charge is 0.154 e. The molecule has 0 unspecified atom stereocenters. The first kappa shape index (κ1) is 14.1. The molecule has 0 spiro atoms. The van der Waals surface area contributed by atoms with Crippen LogP contribution in [0.1, 0.15) is 49.2 Å². The summed E-state index contributed by atoms with van der Waals surface area (Å²) >= 11 is 0. The molecule has 1 aliphatic rings. The zero-order valence-corrected chi connectivity index (χ0v) is 12.7. The largest absolute Gasteiger partial charge is 0.388 e. The van der Waals surface area contributed by atoms with Crippen LogP contribution in [0.4, 0.5) is 5.82 Å². The minimum absolute atomic E-state index is 0.119. The fourth-order valence-corrected chi connectivity index (χ4v) is 3.14. The predicted octanol–water partition coefficient (Wildman–Crippen LogP) is 2.00. The highest BCUT2D eigenvalue weighted by atomic mass is 16.3. The first-order valence-electron chi connectivity index (χ1n) is 7.63.